The van der Waals surface area contributed by atoms with Crippen LogP contribution in [-0.2, 0) is 0 Å². The van der Waals surface area contributed by atoms with Gasteiger partial charge in [0.15, 0.2) is 11.6 Å². The highest BCUT2D eigenvalue weighted by Crippen LogP contribution is 2.36. The van der Waals surface area contributed by atoms with E-state index in [1.165, 1.54) is 7.11 Å². The molecule has 2 N–H and O–H groups in total. The highest BCUT2D eigenvalue weighted by molar-refractivity contribution is 5.48. The predicted octanol–water partition coefficient (Wildman–Crippen LogP) is 3.79. The molecule has 0 saturated carbocycles. The maximum absolute atomic E-state index is 13.6. The summed E-state index contributed by atoms with van der Waals surface area (Å²) in [6, 6.07) is 7.70. The Bertz CT molecular complexity index is 615. The third-order valence-electron chi connectivity index (χ3n) is 2.81. The van der Waals surface area contributed by atoms with Gasteiger partial charge >= 0.3 is 0 Å². The molecule has 0 saturated heterocycles. The molecule has 0 heterocycles. The van der Waals surface area contributed by atoms with Gasteiger partial charge in [-0.3, -0.25) is 0 Å². The lowest BCUT2D eigenvalue weighted by Gasteiger charge is -2.17. The van der Waals surface area contributed by atoms with Crippen LogP contribution in [0.15, 0.2) is 36.4 Å². The van der Waals surface area contributed by atoms with Crippen molar-refractivity contribution in [2.24, 2.45) is 5.73 Å². The fourth-order valence-corrected chi connectivity index (χ4v) is 1.91. The van der Waals surface area contributed by atoms with Crippen LogP contribution in [0, 0.1) is 11.6 Å². The molecular weight excluding hydrogens is 264 g/mol. The second-order valence-corrected chi connectivity index (χ2v) is 4.34. The van der Waals surface area contributed by atoms with Crippen molar-refractivity contribution in [2.75, 3.05) is 7.11 Å². The fourth-order valence-electron chi connectivity index (χ4n) is 1.91. The second kappa shape index (κ2) is 5.88. The lowest BCUT2D eigenvalue weighted by molar-refractivity contribution is 0.392. The third kappa shape index (κ3) is 2.88. The van der Waals surface area contributed by atoms with Gasteiger partial charge in [0.2, 0.25) is 0 Å². The van der Waals surface area contributed by atoms with E-state index >= 15 is 0 Å². The zero-order chi connectivity index (χ0) is 14.7. The van der Waals surface area contributed by atoms with Gasteiger partial charge in [-0.05, 0) is 31.2 Å². The van der Waals surface area contributed by atoms with Crippen molar-refractivity contribution in [3.8, 4) is 17.2 Å². The summed E-state index contributed by atoms with van der Waals surface area (Å²) in [6.45, 7) is 1.76. The van der Waals surface area contributed by atoms with Gasteiger partial charge in [-0.2, -0.15) is 0 Å². The largest absolute Gasteiger partial charge is 0.496 e. The zero-order valence-electron chi connectivity index (χ0n) is 11.2. The van der Waals surface area contributed by atoms with Gasteiger partial charge < -0.3 is 15.2 Å². The minimum absolute atomic E-state index is 0.194. The molecule has 2 aromatic rings. The molecule has 2 aromatic carbocycles. The molecule has 0 aliphatic rings. The molecule has 0 aliphatic heterocycles. The smallest absolute Gasteiger partial charge is 0.165 e. The summed E-state index contributed by atoms with van der Waals surface area (Å²) in [4.78, 5) is 0. The molecule has 0 aliphatic carbocycles. The normalized spacial score (nSPS) is 12.1. The van der Waals surface area contributed by atoms with Gasteiger partial charge in [-0.15, -0.1) is 0 Å². The summed E-state index contributed by atoms with van der Waals surface area (Å²) in [7, 11) is 1.51. The Morgan fingerprint density at radius 1 is 1.05 bits per heavy atom. The van der Waals surface area contributed by atoms with Crippen molar-refractivity contribution in [1.29, 1.82) is 0 Å². The van der Waals surface area contributed by atoms with Crippen LogP contribution >= 0.6 is 0 Å². The highest BCUT2D eigenvalue weighted by Gasteiger charge is 2.16. The summed E-state index contributed by atoms with van der Waals surface area (Å²) >= 11 is 0. The van der Waals surface area contributed by atoms with E-state index in [2.05, 4.69) is 0 Å². The second-order valence-electron chi connectivity index (χ2n) is 4.34. The number of hydrogen-bond acceptors (Lipinski definition) is 3. The average Bonchev–Trinajstić information content (AvgIpc) is 2.42. The molecular formula is C15H15F2NO2. The third-order valence-corrected chi connectivity index (χ3v) is 2.81. The van der Waals surface area contributed by atoms with Crippen LogP contribution in [0.1, 0.15) is 18.5 Å². The van der Waals surface area contributed by atoms with E-state index in [0.29, 0.717) is 17.1 Å². The van der Waals surface area contributed by atoms with Crippen molar-refractivity contribution < 1.29 is 18.3 Å². The average molecular weight is 279 g/mol. The van der Waals surface area contributed by atoms with Crippen LogP contribution in [0.3, 0.4) is 0 Å². The molecule has 3 nitrogen and oxygen atoms in total. The molecule has 5 heteroatoms. The monoisotopic (exact) mass is 279 g/mol. The molecule has 20 heavy (non-hydrogen) atoms. The quantitative estimate of drug-likeness (QED) is 0.926. The number of ether oxygens (including phenoxy) is 2. The van der Waals surface area contributed by atoms with Gasteiger partial charge in [0.25, 0.3) is 0 Å². The standard InChI is InChI=1S/C15H15F2NO2/c1-9(18)15-12(19-2)4-3-5-13(15)20-14-8-10(16)6-7-11(14)17/h3-9H,18H2,1-2H3/t9-/m1/s1. The molecule has 0 radical (unpaired) electrons. The first-order chi connectivity index (χ1) is 9.52. The van der Waals surface area contributed by atoms with E-state index in [0.717, 1.165) is 18.2 Å². The highest BCUT2D eigenvalue weighted by atomic mass is 19.1. The first-order valence-electron chi connectivity index (χ1n) is 6.08. The first kappa shape index (κ1) is 14.3. The van der Waals surface area contributed by atoms with Crippen molar-refractivity contribution in [1.82, 2.24) is 0 Å². The van der Waals surface area contributed by atoms with E-state index < -0.39 is 11.6 Å². The Morgan fingerprint density at radius 2 is 1.75 bits per heavy atom. The fraction of sp³-hybridized carbons (Fsp3) is 0.200. The molecule has 0 aromatic heterocycles. The SMILES string of the molecule is COc1cccc(Oc2cc(F)ccc2F)c1[C@@H](C)N. The number of benzene rings is 2. The van der Waals surface area contributed by atoms with E-state index in [-0.39, 0.29) is 11.8 Å². The van der Waals surface area contributed by atoms with E-state index in [4.69, 9.17) is 15.2 Å². The molecule has 0 bridgehead atoms. The van der Waals surface area contributed by atoms with Crippen molar-refractivity contribution in [3.05, 3.63) is 53.6 Å². The first-order valence-corrected chi connectivity index (χ1v) is 6.08. The van der Waals surface area contributed by atoms with Crippen LogP contribution in [0.25, 0.3) is 0 Å². The lowest BCUT2D eigenvalue weighted by atomic mass is 10.1. The molecule has 106 valence electrons. The summed E-state index contributed by atoms with van der Waals surface area (Å²) in [5, 5.41) is 0. The molecule has 2 rings (SSSR count). The van der Waals surface area contributed by atoms with Crippen LogP contribution < -0.4 is 15.2 Å². The minimum Gasteiger partial charge on any atom is -0.496 e. The topological polar surface area (TPSA) is 44.5 Å². The van der Waals surface area contributed by atoms with Crippen molar-refractivity contribution in [2.45, 2.75) is 13.0 Å². The Balaban J connectivity index is 2.45. The maximum atomic E-state index is 13.6. The van der Waals surface area contributed by atoms with Gasteiger partial charge in [-0.1, -0.05) is 6.07 Å². The van der Waals surface area contributed by atoms with Crippen LogP contribution in [-0.4, -0.2) is 7.11 Å². The minimum atomic E-state index is -0.648. The zero-order valence-corrected chi connectivity index (χ0v) is 11.2. The van der Waals surface area contributed by atoms with E-state index in [1.54, 1.807) is 25.1 Å². The summed E-state index contributed by atoms with van der Waals surface area (Å²) in [5.74, 6) is -0.546. The Labute approximate surface area is 115 Å². The lowest BCUT2D eigenvalue weighted by Crippen LogP contribution is -2.09. The number of rotatable bonds is 4. The van der Waals surface area contributed by atoms with Gasteiger partial charge in [0, 0.05) is 12.1 Å². The predicted molar refractivity (Wildman–Crippen MR) is 72.0 cm³/mol. The van der Waals surface area contributed by atoms with E-state index in [9.17, 15) is 8.78 Å². The molecule has 0 spiro atoms. The van der Waals surface area contributed by atoms with Gasteiger partial charge in [0.1, 0.15) is 17.3 Å². The summed E-state index contributed by atoms with van der Waals surface area (Å²) in [5.41, 5.74) is 6.48. The van der Waals surface area contributed by atoms with Gasteiger partial charge in [0.05, 0.1) is 12.7 Å². The summed E-state index contributed by atoms with van der Waals surface area (Å²) < 4.78 is 37.4. The molecule has 0 amide bonds. The summed E-state index contributed by atoms with van der Waals surface area (Å²) in [6.07, 6.45) is 0. The van der Waals surface area contributed by atoms with Crippen LogP contribution in [0.4, 0.5) is 8.78 Å². The number of nitrogens with two attached hydrogens (primary N) is 1. The van der Waals surface area contributed by atoms with Crippen LogP contribution in [0.2, 0.25) is 0 Å². The number of methoxy groups -OCH3 is 1. The number of hydrogen-bond donors (Lipinski definition) is 1. The Kier molecular flexibility index (Phi) is 4.20. The molecule has 1 atom stereocenters. The Morgan fingerprint density at radius 3 is 2.40 bits per heavy atom. The maximum Gasteiger partial charge on any atom is 0.165 e. The number of halogens is 2. The van der Waals surface area contributed by atoms with Crippen molar-refractivity contribution >= 4 is 0 Å². The Hall–Kier alpha value is -2.14. The molecule has 0 fully saturated rings. The van der Waals surface area contributed by atoms with Crippen LogP contribution in [0.5, 0.6) is 17.2 Å². The van der Waals surface area contributed by atoms with E-state index in [1.807, 2.05) is 0 Å². The van der Waals surface area contributed by atoms with Gasteiger partial charge in [-0.25, -0.2) is 8.78 Å². The molecule has 0 unspecified atom stereocenters. The van der Waals surface area contributed by atoms with Crippen molar-refractivity contribution in [3.63, 3.8) is 0 Å².